The molecule has 0 saturated carbocycles. The number of pyridine rings is 1. The second-order valence-electron chi connectivity index (χ2n) is 4.85. The molecule has 110 valence electrons. The van der Waals surface area contributed by atoms with Gasteiger partial charge in [0, 0.05) is 18.7 Å². The van der Waals surface area contributed by atoms with Crippen LogP contribution < -0.4 is 0 Å². The molecule has 0 radical (unpaired) electrons. The Balaban J connectivity index is 2.19. The Hall–Kier alpha value is -2.41. The average Bonchev–Trinajstić information content (AvgIpc) is 3.12. The third kappa shape index (κ3) is 2.25. The first-order valence-electron chi connectivity index (χ1n) is 6.53. The maximum Gasteiger partial charge on any atom is 0.356 e. The minimum absolute atomic E-state index is 0.0201. The van der Waals surface area contributed by atoms with Crippen LogP contribution in [-0.2, 0) is 9.47 Å². The van der Waals surface area contributed by atoms with Crippen LogP contribution >= 0.6 is 0 Å². The molecule has 2 aromatic heterocycles. The zero-order chi connectivity index (χ0) is 15.0. The summed E-state index contributed by atoms with van der Waals surface area (Å²) in [6.45, 7) is 1.12. The highest BCUT2D eigenvalue weighted by atomic mass is 16.5. The summed E-state index contributed by atoms with van der Waals surface area (Å²) in [4.78, 5) is 27.2. The zero-order valence-electron chi connectivity index (χ0n) is 11.4. The van der Waals surface area contributed by atoms with E-state index in [1.807, 2.05) is 0 Å². The van der Waals surface area contributed by atoms with Gasteiger partial charge in [0.25, 0.3) is 0 Å². The highest BCUT2D eigenvalue weighted by molar-refractivity contribution is 5.95. The van der Waals surface area contributed by atoms with E-state index < -0.39 is 11.9 Å². The number of carboxylic acids is 1. The molecule has 0 aliphatic carbocycles. The van der Waals surface area contributed by atoms with E-state index in [9.17, 15) is 14.7 Å². The molecular formula is C14H14N2O5. The molecule has 0 spiro atoms. The van der Waals surface area contributed by atoms with Crippen LogP contribution in [0.5, 0.6) is 0 Å². The van der Waals surface area contributed by atoms with Crippen LogP contribution in [0.25, 0.3) is 5.52 Å². The average molecular weight is 290 g/mol. The quantitative estimate of drug-likeness (QED) is 0.857. The lowest BCUT2D eigenvalue weighted by Crippen LogP contribution is -2.07. The molecule has 1 N–H and O–H groups in total. The second kappa shape index (κ2) is 5.17. The summed E-state index contributed by atoms with van der Waals surface area (Å²) in [6.07, 6.45) is 2.34. The van der Waals surface area contributed by atoms with Gasteiger partial charge in [-0.15, -0.1) is 0 Å². The first-order valence-corrected chi connectivity index (χ1v) is 6.53. The first kappa shape index (κ1) is 13.6. The number of nitrogens with zero attached hydrogens (tertiary/aromatic N) is 2. The Morgan fingerprint density at radius 2 is 2.29 bits per heavy atom. The molecule has 2 aromatic rings. The largest absolute Gasteiger partial charge is 0.476 e. The molecule has 7 nitrogen and oxygen atoms in total. The van der Waals surface area contributed by atoms with E-state index in [4.69, 9.17) is 9.47 Å². The van der Waals surface area contributed by atoms with Crippen molar-refractivity contribution in [2.24, 2.45) is 0 Å². The lowest BCUT2D eigenvalue weighted by atomic mass is 10.1. The molecule has 0 aromatic carbocycles. The summed E-state index contributed by atoms with van der Waals surface area (Å²) in [6, 6.07) is 3.10. The van der Waals surface area contributed by atoms with Gasteiger partial charge in [-0.3, -0.25) is 0 Å². The van der Waals surface area contributed by atoms with Crippen LogP contribution in [0.3, 0.4) is 0 Å². The van der Waals surface area contributed by atoms with E-state index in [0.717, 1.165) is 6.42 Å². The Morgan fingerprint density at radius 3 is 2.90 bits per heavy atom. The van der Waals surface area contributed by atoms with E-state index >= 15 is 0 Å². The summed E-state index contributed by atoms with van der Waals surface area (Å²) < 4.78 is 11.7. The van der Waals surface area contributed by atoms with Gasteiger partial charge in [0.05, 0.1) is 24.8 Å². The monoisotopic (exact) mass is 290 g/mol. The predicted molar refractivity (Wildman–Crippen MR) is 71.7 cm³/mol. The van der Waals surface area contributed by atoms with Gasteiger partial charge in [-0.1, -0.05) is 0 Å². The molecule has 0 bridgehead atoms. The van der Waals surface area contributed by atoms with Crippen LogP contribution in [0.15, 0.2) is 18.3 Å². The van der Waals surface area contributed by atoms with E-state index in [1.165, 1.54) is 13.2 Å². The molecule has 21 heavy (non-hydrogen) atoms. The summed E-state index contributed by atoms with van der Waals surface area (Å²) in [5.74, 6) is -0.941. The van der Waals surface area contributed by atoms with Crippen molar-refractivity contribution in [3.63, 3.8) is 0 Å². The Kier molecular flexibility index (Phi) is 3.34. The number of hydrogen-bond donors (Lipinski definition) is 1. The molecule has 1 atom stereocenters. The van der Waals surface area contributed by atoms with E-state index in [0.29, 0.717) is 30.1 Å². The summed E-state index contributed by atoms with van der Waals surface area (Å²) >= 11 is 0. The lowest BCUT2D eigenvalue weighted by Gasteiger charge is -2.07. The molecule has 7 heteroatoms. The van der Waals surface area contributed by atoms with E-state index in [-0.39, 0.29) is 11.6 Å². The number of fused-ring (bicyclic) bond motifs is 1. The van der Waals surface area contributed by atoms with Crippen molar-refractivity contribution < 1.29 is 24.2 Å². The first-order chi connectivity index (χ1) is 10.1. The van der Waals surface area contributed by atoms with Crippen molar-refractivity contribution in [2.75, 3.05) is 20.3 Å². The fourth-order valence-electron chi connectivity index (χ4n) is 2.53. The maximum absolute atomic E-state index is 11.6. The van der Waals surface area contributed by atoms with Crippen LogP contribution in [-0.4, -0.2) is 46.8 Å². The molecular weight excluding hydrogens is 276 g/mol. The number of esters is 1. The highest BCUT2D eigenvalue weighted by Gasteiger charge is 2.26. The van der Waals surface area contributed by atoms with Gasteiger partial charge < -0.3 is 19.0 Å². The van der Waals surface area contributed by atoms with Gasteiger partial charge in [0.1, 0.15) is 5.82 Å². The number of methoxy groups -OCH3 is 1. The third-order valence-electron chi connectivity index (χ3n) is 3.58. The van der Waals surface area contributed by atoms with E-state index in [2.05, 4.69) is 4.98 Å². The molecule has 3 rings (SSSR count). The van der Waals surface area contributed by atoms with Crippen molar-refractivity contribution in [1.29, 1.82) is 0 Å². The topological polar surface area (TPSA) is 90.1 Å². The van der Waals surface area contributed by atoms with Gasteiger partial charge in [-0.05, 0) is 18.6 Å². The standard InChI is InChI=1S/C14H14N2O5/c1-20-14(19)8-2-3-10-11(13(17)18)15-12(16(10)6-8)9-4-5-21-7-9/h2-3,6,9H,4-5,7H2,1H3,(H,17,18). The van der Waals surface area contributed by atoms with Crippen LogP contribution in [0.2, 0.25) is 0 Å². The van der Waals surface area contributed by atoms with Crippen LogP contribution in [0.1, 0.15) is 39.0 Å². The number of rotatable bonds is 3. The number of hydrogen-bond acceptors (Lipinski definition) is 5. The minimum atomic E-state index is -1.09. The summed E-state index contributed by atoms with van der Waals surface area (Å²) in [5.41, 5.74) is 0.782. The Morgan fingerprint density at radius 1 is 1.48 bits per heavy atom. The number of aromatic carboxylic acids is 1. The number of carbonyl (C=O) groups excluding carboxylic acids is 1. The molecule has 1 aliphatic heterocycles. The Labute approximate surface area is 120 Å². The Bertz CT molecular complexity index is 715. The minimum Gasteiger partial charge on any atom is -0.476 e. The molecule has 3 heterocycles. The van der Waals surface area contributed by atoms with Crippen molar-refractivity contribution in [1.82, 2.24) is 9.38 Å². The molecule has 0 amide bonds. The smallest absolute Gasteiger partial charge is 0.356 e. The maximum atomic E-state index is 11.6. The van der Waals surface area contributed by atoms with Crippen molar-refractivity contribution >= 4 is 17.5 Å². The molecule has 1 fully saturated rings. The number of aromatic nitrogens is 2. The van der Waals surface area contributed by atoms with Crippen LogP contribution in [0, 0.1) is 0 Å². The molecule has 1 unspecified atom stereocenters. The number of carbonyl (C=O) groups is 2. The van der Waals surface area contributed by atoms with E-state index in [1.54, 1.807) is 16.7 Å². The highest BCUT2D eigenvalue weighted by Crippen LogP contribution is 2.27. The van der Waals surface area contributed by atoms with Crippen molar-refractivity contribution in [3.8, 4) is 0 Å². The van der Waals surface area contributed by atoms with Crippen molar-refractivity contribution in [3.05, 3.63) is 35.4 Å². The van der Waals surface area contributed by atoms with Crippen LogP contribution in [0.4, 0.5) is 0 Å². The lowest BCUT2D eigenvalue weighted by molar-refractivity contribution is 0.0599. The van der Waals surface area contributed by atoms with Gasteiger partial charge >= 0.3 is 11.9 Å². The number of imidazole rings is 1. The number of ether oxygens (including phenoxy) is 2. The third-order valence-corrected chi connectivity index (χ3v) is 3.58. The van der Waals surface area contributed by atoms with Crippen molar-refractivity contribution in [2.45, 2.75) is 12.3 Å². The fourth-order valence-corrected chi connectivity index (χ4v) is 2.53. The van der Waals surface area contributed by atoms with Gasteiger partial charge in [-0.25, -0.2) is 14.6 Å². The summed E-state index contributed by atoms with van der Waals surface area (Å²) in [5, 5.41) is 9.26. The second-order valence-corrected chi connectivity index (χ2v) is 4.85. The zero-order valence-corrected chi connectivity index (χ0v) is 11.4. The SMILES string of the molecule is COC(=O)c1ccc2c(C(=O)O)nc(C3CCOC3)n2c1. The normalized spacial score (nSPS) is 18.0. The predicted octanol–water partition coefficient (Wildman–Crippen LogP) is 1.32. The number of carboxylic acid groups (broad SMARTS) is 1. The van der Waals surface area contributed by atoms with Gasteiger partial charge in [-0.2, -0.15) is 0 Å². The van der Waals surface area contributed by atoms with Gasteiger partial charge in [0.2, 0.25) is 0 Å². The summed E-state index contributed by atoms with van der Waals surface area (Å²) in [7, 11) is 1.30. The fraction of sp³-hybridized carbons (Fsp3) is 0.357. The molecule has 1 aliphatic rings. The van der Waals surface area contributed by atoms with Gasteiger partial charge in [0.15, 0.2) is 5.69 Å². The molecule has 1 saturated heterocycles.